The largest absolute Gasteiger partial charge is 0.459 e. The van der Waals surface area contributed by atoms with Gasteiger partial charge in [0.25, 0.3) is 0 Å². The predicted octanol–water partition coefficient (Wildman–Crippen LogP) is 5.30. The van der Waals surface area contributed by atoms with E-state index in [2.05, 4.69) is 4.90 Å². The molecule has 2 heterocycles. The predicted molar refractivity (Wildman–Crippen MR) is 149 cm³/mol. The molecule has 2 aliphatic rings. The minimum Gasteiger partial charge on any atom is -0.459 e. The van der Waals surface area contributed by atoms with Crippen LogP contribution < -0.4 is 0 Å². The van der Waals surface area contributed by atoms with Crippen molar-refractivity contribution in [2.24, 2.45) is 0 Å². The number of rotatable bonds is 9. The molecule has 0 N–H and O–H groups in total. The highest BCUT2D eigenvalue weighted by atomic mass is 16.7. The third kappa shape index (κ3) is 7.10. The number of hydrogen-bond acceptors (Lipinski definition) is 7. The third-order valence-electron chi connectivity index (χ3n) is 8.00. The van der Waals surface area contributed by atoms with Gasteiger partial charge in [0.1, 0.15) is 17.7 Å². The Hall–Kier alpha value is -2.10. The Labute approximate surface area is 229 Å². The molecule has 1 aromatic rings. The molecule has 9 heteroatoms. The molecule has 0 spiro atoms. The number of likely N-dealkylation sites (N-methyl/N-ethyl adjacent to an activating group) is 1. The lowest BCUT2D eigenvalue weighted by Gasteiger charge is -2.37. The van der Waals surface area contributed by atoms with E-state index >= 15 is 0 Å². The lowest BCUT2D eigenvalue weighted by Crippen LogP contribution is -2.55. The molecule has 0 radical (unpaired) electrons. The molecule has 2 fully saturated rings. The second kappa shape index (κ2) is 11.6. The van der Waals surface area contributed by atoms with E-state index in [-0.39, 0.29) is 36.9 Å². The zero-order valence-corrected chi connectivity index (χ0v) is 24.8. The molecule has 3 rings (SSSR count). The van der Waals surface area contributed by atoms with Gasteiger partial charge in [-0.15, -0.1) is 0 Å². The van der Waals surface area contributed by atoms with Gasteiger partial charge in [0.15, 0.2) is 0 Å². The van der Waals surface area contributed by atoms with Crippen molar-refractivity contribution in [1.82, 2.24) is 9.80 Å². The molecular formula is C29H47BN2O6. The molecule has 8 nitrogen and oxygen atoms in total. The molecule has 1 aromatic carbocycles. The maximum atomic E-state index is 13.9. The number of hydrogen-bond donors (Lipinski definition) is 0. The number of unbranched alkanes of at least 4 members (excludes halogenated alkanes) is 1. The van der Waals surface area contributed by atoms with E-state index in [0.717, 1.165) is 12.0 Å². The van der Waals surface area contributed by atoms with Crippen molar-refractivity contribution in [2.45, 2.75) is 115 Å². The molecule has 2 aliphatic heterocycles. The normalized spacial score (nSPS) is 24.6. The molecular weight excluding hydrogens is 483 g/mol. The SMILES string of the molecule is CN(C)[C@H]1CN(C(=O)OC(C)(C)C)C(CCCCB2OC(C)(C)C(C)(C)O2)(C(=O)OCc2ccccc2)C1. The van der Waals surface area contributed by atoms with Gasteiger partial charge in [-0.25, -0.2) is 9.59 Å². The van der Waals surface area contributed by atoms with Crippen LogP contribution in [0.25, 0.3) is 0 Å². The molecule has 0 aromatic heterocycles. The van der Waals surface area contributed by atoms with Crippen molar-refractivity contribution < 1.29 is 28.4 Å². The molecule has 0 aliphatic carbocycles. The summed E-state index contributed by atoms with van der Waals surface area (Å²) in [6.07, 6.45) is 2.70. The van der Waals surface area contributed by atoms with Crippen LogP contribution in [0.3, 0.4) is 0 Å². The number of carbonyl (C=O) groups excluding carboxylic acids is 2. The Bertz CT molecular complexity index is 946. The van der Waals surface area contributed by atoms with Crippen molar-refractivity contribution >= 4 is 19.2 Å². The van der Waals surface area contributed by atoms with Crippen LogP contribution in [-0.2, 0) is 30.2 Å². The summed E-state index contributed by atoms with van der Waals surface area (Å²) in [6, 6.07) is 9.62. The zero-order valence-electron chi connectivity index (χ0n) is 24.8. The lowest BCUT2D eigenvalue weighted by molar-refractivity contribution is -0.158. The number of benzene rings is 1. The maximum absolute atomic E-state index is 13.9. The van der Waals surface area contributed by atoms with Crippen LogP contribution in [-0.4, -0.2) is 78.0 Å². The van der Waals surface area contributed by atoms with Gasteiger partial charge < -0.3 is 23.7 Å². The van der Waals surface area contributed by atoms with Crippen LogP contribution in [0.5, 0.6) is 0 Å². The quantitative estimate of drug-likeness (QED) is 0.244. The van der Waals surface area contributed by atoms with E-state index < -0.39 is 17.2 Å². The number of nitrogens with zero attached hydrogens (tertiary/aromatic N) is 2. The summed E-state index contributed by atoms with van der Waals surface area (Å²) in [5.41, 5.74) is -1.63. The average molecular weight is 531 g/mol. The van der Waals surface area contributed by atoms with E-state index in [1.54, 1.807) is 4.90 Å². The van der Waals surface area contributed by atoms with Crippen LogP contribution in [0.1, 0.15) is 79.7 Å². The van der Waals surface area contributed by atoms with E-state index in [0.29, 0.717) is 32.1 Å². The van der Waals surface area contributed by atoms with Crippen LogP contribution >= 0.6 is 0 Å². The fourth-order valence-corrected chi connectivity index (χ4v) is 5.06. The summed E-state index contributed by atoms with van der Waals surface area (Å²) in [5.74, 6) is -0.382. The Kier molecular flexibility index (Phi) is 9.27. The number of esters is 1. The maximum Gasteiger partial charge on any atom is 0.457 e. The van der Waals surface area contributed by atoms with Crippen LogP contribution in [0, 0.1) is 0 Å². The Morgan fingerprint density at radius 2 is 1.66 bits per heavy atom. The summed E-state index contributed by atoms with van der Waals surface area (Å²) in [6.45, 7) is 14.3. The Morgan fingerprint density at radius 3 is 2.21 bits per heavy atom. The molecule has 1 amide bonds. The highest BCUT2D eigenvalue weighted by Crippen LogP contribution is 2.40. The topological polar surface area (TPSA) is 77.5 Å². The number of likely N-dealkylation sites (tertiary alicyclic amines) is 1. The zero-order chi connectivity index (χ0) is 28.4. The van der Waals surface area contributed by atoms with E-state index in [9.17, 15) is 9.59 Å². The smallest absolute Gasteiger partial charge is 0.457 e. The summed E-state index contributed by atoms with van der Waals surface area (Å²) in [5, 5.41) is 0. The molecule has 2 atom stereocenters. The van der Waals surface area contributed by atoms with Gasteiger partial charge in [0, 0.05) is 12.6 Å². The first kappa shape index (κ1) is 30.4. The van der Waals surface area contributed by atoms with Gasteiger partial charge in [-0.2, -0.15) is 0 Å². The van der Waals surface area contributed by atoms with E-state index in [1.807, 2.05) is 92.9 Å². The van der Waals surface area contributed by atoms with Gasteiger partial charge in [0.2, 0.25) is 0 Å². The average Bonchev–Trinajstić information content (AvgIpc) is 3.29. The summed E-state index contributed by atoms with van der Waals surface area (Å²) >= 11 is 0. The monoisotopic (exact) mass is 530 g/mol. The van der Waals surface area contributed by atoms with Gasteiger partial charge >= 0.3 is 19.2 Å². The second-order valence-electron chi connectivity index (χ2n) is 12.9. The lowest BCUT2D eigenvalue weighted by atomic mass is 9.80. The Balaban J connectivity index is 1.78. The fraction of sp³-hybridized carbons (Fsp3) is 0.724. The van der Waals surface area contributed by atoms with Crippen molar-refractivity contribution in [1.29, 1.82) is 0 Å². The number of amides is 1. The standard InChI is InChI=1S/C29H47BN2O6/c1-26(2,3)36-25(34)32-20-23(31(8)9)19-29(32,24(33)35-21-22-15-11-10-12-16-22)17-13-14-18-30-37-27(4,5)28(6,7)38-30/h10-12,15-16,23H,13-14,17-21H2,1-9H3/t23-,29?/m1/s1. The van der Waals surface area contributed by atoms with Crippen molar-refractivity contribution in [2.75, 3.05) is 20.6 Å². The fourth-order valence-electron chi connectivity index (χ4n) is 5.06. The highest BCUT2D eigenvalue weighted by Gasteiger charge is 2.56. The van der Waals surface area contributed by atoms with Gasteiger partial charge in [-0.3, -0.25) is 4.90 Å². The van der Waals surface area contributed by atoms with Gasteiger partial charge in [0.05, 0.1) is 11.2 Å². The molecule has 1 unspecified atom stereocenters. The highest BCUT2D eigenvalue weighted by molar-refractivity contribution is 6.45. The first-order valence-corrected chi connectivity index (χ1v) is 13.8. The minimum absolute atomic E-state index is 0.00916. The minimum atomic E-state index is -1.11. The van der Waals surface area contributed by atoms with Crippen LogP contribution in [0.15, 0.2) is 30.3 Å². The first-order valence-electron chi connectivity index (χ1n) is 13.8. The van der Waals surface area contributed by atoms with Gasteiger partial charge in [-0.05, 0) is 87.3 Å². The summed E-state index contributed by atoms with van der Waals surface area (Å²) < 4.78 is 24.0. The number of ether oxygens (including phenoxy) is 2. The van der Waals surface area contributed by atoms with Gasteiger partial charge in [-0.1, -0.05) is 43.2 Å². The number of carbonyl (C=O) groups is 2. The molecule has 212 valence electrons. The van der Waals surface area contributed by atoms with Crippen molar-refractivity contribution in [3.05, 3.63) is 35.9 Å². The molecule has 0 saturated carbocycles. The molecule has 2 saturated heterocycles. The van der Waals surface area contributed by atoms with E-state index in [1.165, 1.54) is 0 Å². The van der Waals surface area contributed by atoms with E-state index in [4.69, 9.17) is 18.8 Å². The Morgan fingerprint density at radius 1 is 1.05 bits per heavy atom. The third-order valence-corrected chi connectivity index (χ3v) is 8.00. The van der Waals surface area contributed by atoms with Crippen molar-refractivity contribution in [3.63, 3.8) is 0 Å². The molecule has 0 bridgehead atoms. The van der Waals surface area contributed by atoms with Crippen molar-refractivity contribution in [3.8, 4) is 0 Å². The summed E-state index contributed by atoms with van der Waals surface area (Å²) in [7, 11) is 3.66. The first-order chi connectivity index (χ1) is 17.6. The second-order valence-corrected chi connectivity index (χ2v) is 12.9. The van der Waals surface area contributed by atoms with Crippen LogP contribution in [0.4, 0.5) is 4.79 Å². The molecule has 38 heavy (non-hydrogen) atoms. The summed E-state index contributed by atoms with van der Waals surface area (Å²) in [4.78, 5) is 31.0. The van der Waals surface area contributed by atoms with Crippen LogP contribution in [0.2, 0.25) is 6.32 Å².